The number of urea groups is 1. The minimum Gasteiger partial charge on any atom is -0.394 e. The van der Waals surface area contributed by atoms with Crippen LogP contribution in [-0.2, 0) is 0 Å². The Hall–Kier alpha value is -0.810. The van der Waals surface area contributed by atoms with Crippen molar-refractivity contribution in [1.82, 2.24) is 15.5 Å². The molecular formula is C9H19N3O2. The van der Waals surface area contributed by atoms with Crippen molar-refractivity contribution in [3.05, 3.63) is 0 Å². The highest BCUT2D eigenvalue weighted by molar-refractivity contribution is 5.76. The van der Waals surface area contributed by atoms with Crippen molar-refractivity contribution in [2.75, 3.05) is 32.8 Å². The van der Waals surface area contributed by atoms with Crippen molar-refractivity contribution in [3.63, 3.8) is 0 Å². The summed E-state index contributed by atoms with van der Waals surface area (Å²) in [5, 5.41) is 14.9. The number of aliphatic hydroxyl groups is 1. The van der Waals surface area contributed by atoms with E-state index in [1.807, 2.05) is 13.8 Å². The number of carbonyl (C=O) groups is 1. The highest BCUT2D eigenvalue weighted by Gasteiger charge is 2.20. The van der Waals surface area contributed by atoms with E-state index in [1.165, 1.54) is 0 Å². The van der Waals surface area contributed by atoms with Gasteiger partial charge in [0.25, 0.3) is 0 Å². The standard InChI is InChI=1S/C9H19N3O2/c1-9(2,7-13)11-4-6-12-5-3-10-8(12)14/h11,13H,3-7H2,1-2H3,(H,10,14). The monoisotopic (exact) mass is 201 g/mol. The lowest BCUT2D eigenvalue weighted by molar-refractivity contribution is 0.182. The maximum absolute atomic E-state index is 11.1. The molecule has 1 fully saturated rings. The molecule has 0 radical (unpaired) electrons. The maximum atomic E-state index is 11.1. The van der Waals surface area contributed by atoms with Gasteiger partial charge >= 0.3 is 6.03 Å². The Kier molecular flexibility index (Phi) is 3.71. The van der Waals surface area contributed by atoms with Crippen LogP contribution < -0.4 is 10.6 Å². The lowest BCUT2D eigenvalue weighted by atomic mass is 10.1. The predicted octanol–water partition coefficient (Wildman–Crippen LogP) is -0.628. The number of hydrogen-bond donors (Lipinski definition) is 3. The average molecular weight is 201 g/mol. The summed E-state index contributed by atoms with van der Waals surface area (Å²) >= 11 is 0. The molecule has 5 nitrogen and oxygen atoms in total. The molecule has 0 spiro atoms. The minimum absolute atomic E-state index is 0.00797. The first kappa shape index (κ1) is 11.3. The van der Waals surface area contributed by atoms with Crippen LogP contribution in [0.5, 0.6) is 0 Å². The molecule has 1 heterocycles. The lowest BCUT2D eigenvalue weighted by Crippen LogP contribution is -2.46. The molecule has 0 aliphatic carbocycles. The second-order valence-electron chi connectivity index (χ2n) is 4.19. The van der Waals surface area contributed by atoms with Crippen molar-refractivity contribution in [1.29, 1.82) is 0 Å². The molecular weight excluding hydrogens is 182 g/mol. The molecule has 1 aliphatic heterocycles. The highest BCUT2D eigenvalue weighted by atomic mass is 16.3. The van der Waals surface area contributed by atoms with Gasteiger partial charge in [-0.2, -0.15) is 0 Å². The quantitative estimate of drug-likeness (QED) is 0.555. The molecule has 1 saturated heterocycles. The third kappa shape index (κ3) is 3.16. The summed E-state index contributed by atoms with van der Waals surface area (Å²) in [4.78, 5) is 12.9. The Morgan fingerprint density at radius 2 is 2.36 bits per heavy atom. The van der Waals surface area contributed by atoms with E-state index in [2.05, 4.69) is 10.6 Å². The average Bonchev–Trinajstić information content (AvgIpc) is 2.52. The zero-order chi connectivity index (χ0) is 10.6. The predicted molar refractivity (Wildman–Crippen MR) is 54.1 cm³/mol. The van der Waals surface area contributed by atoms with Gasteiger partial charge in [-0.1, -0.05) is 0 Å². The molecule has 0 saturated carbocycles. The minimum atomic E-state index is -0.268. The molecule has 0 atom stereocenters. The fourth-order valence-corrected chi connectivity index (χ4v) is 1.31. The molecule has 82 valence electrons. The normalized spacial score (nSPS) is 17.4. The largest absolute Gasteiger partial charge is 0.394 e. The van der Waals surface area contributed by atoms with Gasteiger partial charge in [-0.15, -0.1) is 0 Å². The summed E-state index contributed by atoms with van der Waals surface area (Å²) in [5.41, 5.74) is -0.268. The molecule has 2 amide bonds. The first-order valence-corrected chi connectivity index (χ1v) is 4.94. The summed E-state index contributed by atoms with van der Waals surface area (Å²) in [7, 11) is 0. The Balaban J connectivity index is 2.18. The van der Waals surface area contributed by atoms with Crippen LogP contribution in [0.3, 0.4) is 0 Å². The molecule has 5 heteroatoms. The van der Waals surface area contributed by atoms with Gasteiger partial charge < -0.3 is 20.6 Å². The summed E-state index contributed by atoms with van der Waals surface area (Å²) in [6.45, 7) is 6.87. The molecule has 1 aliphatic rings. The number of rotatable bonds is 5. The van der Waals surface area contributed by atoms with Crippen LogP contribution in [0.1, 0.15) is 13.8 Å². The summed E-state index contributed by atoms with van der Waals surface area (Å²) in [5.74, 6) is 0. The van der Waals surface area contributed by atoms with Crippen LogP contribution >= 0.6 is 0 Å². The maximum Gasteiger partial charge on any atom is 0.317 e. The van der Waals surface area contributed by atoms with Crippen molar-refractivity contribution >= 4 is 6.03 Å². The topological polar surface area (TPSA) is 64.6 Å². The van der Waals surface area contributed by atoms with Crippen molar-refractivity contribution in [2.45, 2.75) is 19.4 Å². The third-order valence-corrected chi connectivity index (χ3v) is 2.33. The third-order valence-electron chi connectivity index (χ3n) is 2.33. The van der Waals surface area contributed by atoms with E-state index in [1.54, 1.807) is 4.90 Å². The highest BCUT2D eigenvalue weighted by Crippen LogP contribution is 2.00. The van der Waals surface area contributed by atoms with Gasteiger partial charge in [0.15, 0.2) is 0 Å². The molecule has 14 heavy (non-hydrogen) atoms. The van der Waals surface area contributed by atoms with Gasteiger partial charge in [-0.05, 0) is 13.8 Å². The molecule has 0 aromatic rings. The van der Waals surface area contributed by atoms with E-state index in [0.717, 1.165) is 13.1 Å². The summed E-state index contributed by atoms with van der Waals surface area (Å²) in [6.07, 6.45) is 0. The molecule has 0 bridgehead atoms. The van der Waals surface area contributed by atoms with Crippen LogP contribution in [0, 0.1) is 0 Å². The first-order chi connectivity index (χ1) is 6.55. The fourth-order valence-electron chi connectivity index (χ4n) is 1.31. The number of nitrogens with one attached hydrogen (secondary N) is 2. The SMILES string of the molecule is CC(C)(CO)NCCN1CCNC1=O. The second kappa shape index (κ2) is 4.61. The molecule has 0 aromatic heterocycles. The Labute approximate surface area is 84.5 Å². The van der Waals surface area contributed by atoms with E-state index < -0.39 is 0 Å². The van der Waals surface area contributed by atoms with Gasteiger partial charge in [-0.25, -0.2) is 4.79 Å². The van der Waals surface area contributed by atoms with Gasteiger partial charge in [0.2, 0.25) is 0 Å². The molecule has 1 rings (SSSR count). The van der Waals surface area contributed by atoms with Crippen LogP contribution in [0.25, 0.3) is 0 Å². The second-order valence-corrected chi connectivity index (χ2v) is 4.19. The number of carbonyl (C=O) groups excluding carboxylic acids is 1. The van der Waals surface area contributed by atoms with E-state index in [-0.39, 0.29) is 18.2 Å². The molecule has 0 unspecified atom stereocenters. The number of amides is 2. The van der Waals surface area contributed by atoms with Crippen LogP contribution in [0.4, 0.5) is 4.79 Å². The fraction of sp³-hybridized carbons (Fsp3) is 0.889. The molecule has 3 N–H and O–H groups in total. The van der Waals surface area contributed by atoms with Gasteiger partial charge in [0, 0.05) is 31.7 Å². The first-order valence-electron chi connectivity index (χ1n) is 4.94. The number of hydrogen-bond acceptors (Lipinski definition) is 3. The Morgan fingerprint density at radius 3 is 2.86 bits per heavy atom. The van der Waals surface area contributed by atoms with Crippen LogP contribution in [0.2, 0.25) is 0 Å². The Morgan fingerprint density at radius 1 is 1.64 bits per heavy atom. The molecule has 0 aromatic carbocycles. The van der Waals surface area contributed by atoms with Crippen molar-refractivity contribution in [2.24, 2.45) is 0 Å². The zero-order valence-electron chi connectivity index (χ0n) is 8.84. The smallest absolute Gasteiger partial charge is 0.317 e. The van der Waals surface area contributed by atoms with Crippen LogP contribution in [0.15, 0.2) is 0 Å². The summed E-state index contributed by atoms with van der Waals surface area (Å²) in [6, 6.07) is 0.00797. The number of nitrogens with zero attached hydrogens (tertiary/aromatic N) is 1. The van der Waals surface area contributed by atoms with Crippen molar-refractivity contribution < 1.29 is 9.90 Å². The lowest BCUT2D eigenvalue weighted by Gasteiger charge is -2.25. The summed E-state index contributed by atoms with van der Waals surface area (Å²) < 4.78 is 0. The van der Waals surface area contributed by atoms with E-state index in [0.29, 0.717) is 13.1 Å². The number of aliphatic hydroxyl groups excluding tert-OH is 1. The Bertz CT molecular complexity index is 206. The van der Waals surface area contributed by atoms with E-state index in [9.17, 15) is 4.79 Å². The van der Waals surface area contributed by atoms with Crippen molar-refractivity contribution in [3.8, 4) is 0 Å². The zero-order valence-corrected chi connectivity index (χ0v) is 8.84. The van der Waals surface area contributed by atoms with Gasteiger partial charge in [-0.3, -0.25) is 0 Å². The van der Waals surface area contributed by atoms with E-state index >= 15 is 0 Å². The van der Waals surface area contributed by atoms with E-state index in [4.69, 9.17) is 5.11 Å². The van der Waals surface area contributed by atoms with Crippen LogP contribution in [-0.4, -0.2) is 54.4 Å². The van der Waals surface area contributed by atoms with Gasteiger partial charge in [0.1, 0.15) is 0 Å². The van der Waals surface area contributed by atoms with Gasteiger partial charge in [0.05, 0.1) is 6.61 Å².